The Balaban J connectivity index is 0.00000225. The zero-order valence-corrected chi connectivity index (χ0v) is 11.1. The number of nitrogens with zero attached hydrogens (tertiary/aromatic N) is 2. The van der Waals surface area contributed by atoms with Crippen LogP contribution in [0.4, 0.5) is 0 Å². The lowest BCUT2D eigenvalue weighted by atomic mass is 10.0. The summed E-state index contributed by atoms with van der Waals surface area (Å²) in [5, 5.41) is 0. The summed E-state index contributed by atoms with van der Waals surface area (Å²) in [5.41, 5.74) is 5.72. The molecule has 1 rings (SSSR count). The summed E-state index contributed by atoms with van der Waals surface area (Å²) < 4.78 is 0. The van der Waals surface area contributed by atoms with Crippen molar-refractivity contribution in [3.05, 3.63) is 0 Å². The number of piperidine rings is 1. The summed E-state index contributed by atoms with van der Waals surface area (Å²) in [6, 6.07) is 0.494. The number of hydrogen-bond donors (Lipinski definition) is 1. The fourth-order valence-corrected chi connectivity index (χ4v) is 2.08. The molecule has 1 aliphatic heterocycles. The SMILES string of the molecule is CN(C)C(=O)CCN1CCCCC1CN.Cl. The van der Waals surface area contributed by atoms with E-state index in [4.69, 9.17) is 5.73 Å². The summed E-state index contributed by atoms with van der Waals surface area (Å²) in [7, 11) is 3.61. The van der Waals surface area contributed by atoms with Crippen molar-refractivity contribution in [3.8, 4) is 0 Å². The Hall–Kier alpha value is -0.320. The molecule has 0 aliphatic carbocycles. The molecule has 5 heteroatoms. The van der Waals surface area contributed by atoms with Crippen LogP contribution in [0.2, 0.25) is 0 Å². The molecule has 0 aromatic heterocycles. The number of carbonyl (C=O) groups excluding carboxylic acids is 1. The standard InChI is InChI=1S/C11H23N3O.ClH/c1-13(2)11(15)6-8-14-7-4-3-5-10(14)9-12;/h10H,3-9,12H2,1-2H3;1H. The molecular formula is C11H24ClN3O. The van der Waals surface area contributed by atoms with Crippen molar-refractivity contribution in [1.82, 2.24) is 9.80 Å². The van der Waals surface area contributed by atoms with Crippen LogP contribution in [0.25, 0.3) is 0 Å². The average molecular weight is 250 g/mol. The van der Waals surface area contributed by atoms with Gasteiger partial charge in [0, 0.05) is 39.6 Å². The molecule has 0 spiro atoms. The van der Waals surface area contributed by atoms with Crippen LogP contribution in [0.3, 0.4) is 0 Å². The molecule has 96 valence electrons. The Morgan fingerprint density at radius 3 is 2.69 bits per heavy atom. The molecule has 0 bridgehead atoms. The highest BCUT2D eigenvalue weighted by molar-refractivity contribution is 5.85. The first-order valence-electron chi connectivity index (χ1n) is 5.79. The summed E-state index contributed by atoms with van der Waals surface area (Å²) in [6.45, 7) is 2.68. The largest absolute Gasteiger partial charge is 0.349 e. The van der Waals surface area contributed by atoms with Crippen LogP contribution in [-0.4, -0.2) is 55.5 Å². The number of halogens is 1. The molecule has 16 heavy (non-hydrogen) atoms. The summed E-state index contributed by atoms with van der Waals surface area (Å²) in [4.78, 5) is 15.5. The van der Waals surface area contributed by atoms with Gasteiger partial charge in [0.2, 0.25) is 5.91 Å². The normalized spacial score (nSPS) is 21.3. The van der Waals surface area contributed by atoms with E-state index in [0.717, 1.165) is 19.6 Å². The Labute approximate surface area is 105 Å². The minimum Gasteiger partial charge on any atom is -0.349 e. The van der Waals surface area contributed by atoms with Crippen molar-refractivity contribution >= 4 is 18.3 Å². The molecule has 1 atom stereocenters. The van der Waals surface area contributed by atoms with E-state index in [1.807, 2.05) is 0 Å². The summed E-state index contributed by atoms with van der Waals surface area (Å²) in [6.07, 6.45) is 4.32. The Morgan fingerprint density at radius 1 is 1.44 bits per heavy atom. The Bertz CT molecular complexity index is 211. The first kappa shape index (κ1) is 15.7. The molecule has 1 saturated heterocycles. The third kappa shape index (κ3) is 4.68. The average Bonchev–Trinajstić information content (AvgIpc) is 2.26. The van der Waals surface area contributed by atoms with Crippen molar-refractivity contribution in [3.63, 3.8) is 0 Å². The van der Waals surface area contributed by atoms with Gasteiger partial charge < -0.3 is 10.6 Å². The van der Waals surface area contributed by atoms with E-state index in [1.54, 1.807) is 19.0 Å². The van der Waals surface area contributed by atoms with E-state index in [2.05, 4.69) is 4.90 Å². The summed E-state index contributed by atoms with van der Waals surface area (Å²) >= 11 is 0. The zero-order chi connectivity index (χ0) is 11.3. The monoisotopic (exact) mass is 249 g/mol. The van der Waals surface area contributed by atoms with Crippen molar-refractivity contribution in [1.29, 1.82) is 0 Å². The van der Waals surface area contributed by atoms with Gasteiger partial charge >= 0.3 is 0 Å². The third-order valence-corrected chi connectivity index (χ3v) is 3.13. The maximum Gasteiger partial charge on any atom is 0.223 e. The summed E-state index contributed by atoms with van der Waals surface area (Å²) in [5.74, 6) is 0.205. The maximum atomic E-state index is 11.4. The van der Waals surface area contributed by atoms with Crippen LogP contribution in [0.15, 0.2) is 0 Å². The van der Waals surface area contributed by atoms with Crippen LogP contribution < -0.4 is 5.73 Å². The van der Waals surface area contributed by atoms with Gasteiger partial charge in [0.05, 0.1) is 0 Å². The van der Waals surface area contributed by atoms with Crippen molar-refractivity contribution in [2.24, 2.45) is 5.73 Å². The molecular weight excluding hydrogens is 226 g/mol. The van der Waals surface area contributed by atoms with Crippen LogP contribution in [0.5, 0.6) is 0 Å². The van der Waals surface area contributed by atoms with Crippen molar-refractivity contribution < 1.29 is 4.79 Å². The highest BCUT2D eigenvalue weighted by atomic mass is 35.5. The Morgan fingerprint density at radius 2 is 2.12 bits per heavy atom. The second-order valence-corrected chi connectivity index (χ2v) is 4.46. The fraction of sp³-hybridized carbons (Fsp3) is 0.909. The topological polar surface area (TPSA) is 49.6 Å². The molecule has 4 nitrogen and oxygen atoms in total. The molecule has 0 aromatic carbocycles. The van der Waals surface area contributed by atoms with E-state index >= 15 is 0 Å². The van der Waals surface area contributed by atoms with Gasteiger partial charge in [0.25, 0.3) is 0 Å². The first-order valence-corrected chi connectivity index (χ1v) is 5.79. The van der Waals surface area contributed by atoms with E-state index in [0.29, 0.717) is 12.5 Å². The van der Waals surface area contributed by atoms with Gasteiger partial charge in [0.1, 0.15) is 0 Å². The van der Waals surface area contributed by atoms with Crippen molar-refractivity contribution in [2.45, 2.75) is 31.7 Å². The molecule has 1 amide bonds. The van der Waals surface area contributed by atoms with Crippen molar-refractivity contribution in [2.75, 3.05) is 33.7 Å². The first-order chi connectivity index (χ1) is 7.15. The number of rotatable bonds is 4. The third-order valence-electron chi connectivity index (χ3n) is 3.13. The van der Waals surface area contributed by atoms with Crippen LogP contribution in [0, 0.1) is 0 Å². The molecule has 0 radical (unpaired) electrons. The molecule has 1 aliphatic rings. The predicted molar refractivity (Wildman–Crippen MR) is 68.8 cm³/mol. The van der Waals surface area contributed by atoms with Crippen LogP contribution in [-0.2, 0) is 4.79 Å². The minimum absolute atomic E-state index is 0. The van der Waals surface area contributed by atoms with E-state index in [-0.39, 0.29) is 18.3 Å². The quantitative estimate of drug-likeness (QED) is 0.798. The van der Waals surface area contributed by atoms with Gasteiger partial charge in [-0.15, -0.1) is 12.4 Å². The Kier molecular flexibility index (Phi) is 7.72. The van der Waals surface area contributed by atoms with Crippen LogP contribution in [0.1, 0.15) is 25.7 Å². The smallest absolute Gasteiger partial charge is 0.223 e. The molecule has 0 aromatic rings. The number of nitrogens with two attached hydrogens (primary N) is 1. The lowest BCUT2D eigenvalue weighted by Crippen LogP contribution is -2.45. The van der Waals surface area contributed by atoms with E-state index < -0.39 is 0 Å². The minimum atomic E-state index is 0. The van der Waals surface area contributed by atoms with Gasteiger partial charge in [-0.05, 0) is 19.4 Å². The van der Waals surface area contributed by atoms with Gasteiger partial charge in [-0.3, -0.25) is 9.69 Å². The molecule has 0 saturated carbocycles. The van der Waals surface area contributed by atoms with Gasteiger partial charge in [-0.25, -0.2) is 0 Å². The highest BCUT2D eigenvalue weighted by Gasteiger charge is 2.21. The van der Waals surface area contributed by atoms with E-state index in [1.165, 1.54) is 19.3 Å². The predicted octanol–water partition coefficient (Wildman–Crippen LogP) is 0.700. The highest BCUT2D eigenvalue weighted by Crippen LogP contribution is 2.16. The number of amides is 1. The number of hydrogen-bond acceptors (Lipinski definition) is 3. The number of likely N-dealkylation sites (tertiary alicyclic amines) is 1. The second-order valence-electron chi connectivity index (χ2n) is 4.46. The van der Waals surface area contributed by atoms with Gasteiger partial charge in [-0.1, -0.05) is 6.42 Å². The maximum absolute atomic E-state index is 11.4. The molecule has 1 fully saturated rings. The number of carbonyl (C=O) groups is 1. The lowest BCUT2D eigenvalue weighted by Gasteiger charge is -2.34. The van der Waals surface area contributed by atoms with Crippen LogP contribution >= 0.6 is 12.4 Å². The lowest BCUT2D eigenvalue weighted by molar-refractivity contribution is -0.129. The van der Waals surface area contributed by atoms with E-state index in [9.17, 15) is 4.79 Å². The fourth-order valence-electron chi connectivity index (χ4n) is 2.08. The van der Waals surface area contributed by atoms with Gasteiger partial charge in [-0.2, -0.15) is 0 Å². The second kappa shape index (κ2) is 7.87. The van der Waals surface area contributed by atoms with Gasteiger partial charge in [0.15, 0.2) is 0 Å². The molecule has 1 unspecified atom stereocenters. The molecule has 1 heterocycles. The zero-order valence-electron chi connectivity index (χ0n) is 10.3. The molecule has 2 N–H and O–H groups in total.